The van der Waals surface area contributed by atoms with Gasteiger partial charge >= 0.3 is 0 Å². The van der Waals surface area contributed by atoms with Gasteiger partial charge in [-0.25, -0.2) is 0 Å². The molecule has 0 aliphatic heterocycles. The summed E-state index contributed by atoms with van der Waals surface area (Å²) in [7, 11) is 3.19. The lowest BCUT2D eigenvalue weighted by molar-refractivity contribution is 0.0918. The van der Waals surface area contributed by atoms with Gasteiger partial charge in [0.15, 0.2) is 10.9 Å². The standard InChI is InChI=1S/C22H23NO4S/c1-14-6-5-7-15(2)21(14)28-20-11-10-18(27-20)22(24)23-13-16-8-9-17(25-3)12-19(16)26-4/h5-12H,13H2,1-4H3,(H,23,24). The largest absolute Gasteiger partial charge is 0.497 e. The molecule has 146 valence electrons. The Labute approximate surface area is 169 Å². The fourth-order valence-corrected chi connectivity index (χ4v) is 3.75. The number of ether oxygens (including phenoxy) is 2. The summed E-state index contributed by atoms with van der Waals surface area (Å²) in [6.07, 6.45) is 0. The third-order valence-electron chi connectivity index (χ3n) is 4.35. The molecule has 0 radical (unpaired) electrons. The topological polar surface area (TPSA) is 60.7 Å². The molecule has 6 heteroatoms. The van der Waals surface area contributed by atoms with Crippen LogP contribution in [0.2, 0.25) is 0 Å². The summed E-state index contributed by atoms with van der Waals surface area (Å²) in [4.78, 5) is 13.6. The van der Waals surface area contributed by atoms with Gasteiger partial charge in [-0.3, -0.25) is 4.79 Å². The van der Waals surface area contributed by atoms with Gasteiger partial charge in [-0.2, -0.15) is 0 Å². The van der Waals surface area contributed by atoms with Crippen molar-refractivity contribution in [2.75, 3.05) is 14.2 Å². The molecule has 0 aliphatic carbocycles. The minimum Gasteiger partial charge on any atom is -0.497 e. The summed E-state index contributed by atoms with van der Waals surface area (Å²) < 4.78 is 16.3. The van der Waals surface area contributed by atoms with Crippen molar-refractivity contribution < 1.29 is 18.7 Å². The SMILES string of the molecule is COc1ccc(CNC(=O)c2ccc(Sc3c(C)cccc3C)o2)c(OC)c1. The maximum Gasteiger partial charge on any atom is 0.287 e. The Morgan fingerprint density at radius 3 is 2.46 bits per heavy atom. The molecular weight excluding hydrogens is 374 g/mol. The van der Waals surface area contributed by atoms with Crippen molar-refractivity contribution >= 4 is 17.7 Å². The van der Waals surface area contributed by atoms with Crippen molar-refractivity contribution in [2.45, 2.75) is 30.4 Å². The fourth-order valence-electron chi connectivity index (χ4n) is 2.82. The fraction of sp³-hybridized carbons (Fsp3) is 0.227. The van der Waals surface area contributed by atoms with Gasteiger partial charge in [0.05, 0.1) is 14.2 Å². The van der Waals surface area contributed by atoms with Crippen LogP contribution in [0.15, 0.2) is 62.9 Å². The Bertz CT molecular complexity index is 960. The molecule has 1 amide bonds. The number of methoxy groups -OCH3 is 2. The molecule has 5 nitrogen and oxygen atoms in total. The number of rotatable bonds is 7. The molecule has 1 N–H and O–H groups in total. The molecule has 0 atom stereocenters. The number of carbonyl (C=O) groups excluding carboxylic acids is 1. The summed E-state index contributed by atoms with van der Waals surface area (Å²) in [5.74, 6) is 1.36. The predicted octanol–water partition coefficient (Wildman–Crippen LogP) is 4.99. The molecule has 3 rings (SSSR count). The van der Waals surface area contributed by atoms with Crippen LogP contribution >= 0.6 is 11.8 Å². The van der Waals surface area contributed by atoms with Crippen molar-refractivity contribution in [3.63, 3.8) is 0 Å². The van der Waals surface area contributed by atoms with Crippen LogP contribution in [0.5, 0.6) is 11.5 Å². The van der Waals surface area contributed by atoms with Crippen molar-refractivity contribution in [3.05, 3.63) is 71.0 Å². The minimum absolute atomic E-state index is 0.272. The van der Waals surface area contributed by atoms with Gasteiger partial charge < -0.3 is 19.2 Å². The number of hydrogen-bond donors (Lipinski definition) is 1. The summed E-state index contributed by atoms with van der Waals surface area (Å²) in [6, 6.07) is 15.1. The van der Waals surface area contributed by atoms with E-state index in [1.165, 1.54) is 22.9 Å². The number of hydrogen-bond acceptors (Lipinski definition) is 5. The van der Waals surface area contributed by atoms with Crippen LogP contribution in [-0.4, -0.2) is 20.1 Å². The summed E-state index contributed by atoms with van der Waals surface area (Å²) in [6.45, 7) is 4.45. The van der Waals surface area contributed by atoms with E-state index >= 15 is 0 Å². The molecule has 0 saturated heterocycles. The zero-order valence-electron chi connectivity index (χ0n) is 16.4. The second-order valence-corrected chi connectivity index (χ2v) is 7.32. The molecule has 0 saturated carbocycles. The Balaban J connectivity index is 1.66. The van der Waals surface area contributed by atoms with E-state index in [1.54, 1.807) is 26.4 Å². The number of carbonyl (C=O) groups is 1. The van der Waals surface area contributed by atoms with Gasteiger partial charge in [-0.1, -0.05) is 30.0 Å². The lowest BCUT2D eigenvalue weighted by atomic mass is 10.2. The first-order valence-electron chi connectivity index (χ1n) is 8.85. The van der Waals surface area contributed by atoms with Crippen LogP contribution in [0.3, 0.4) is 0 Å². The maximum atomic E-state index is 12.5. The van der Waals surface area contributed by atoms with E-state index in [4.69, 9.17) is 13.9 Å². The van der Waals surface area contributed by atoms with Crippen LogP contribution < -0.4 is 14.8 Å². The second kappa shape index (κ2) is 8.89. The Morgan fingerprint density at radius 1 is 1.04 bits per heavy atom. The molecule has 0 unspecified atom stereocenters. The summed E-state index contributed by atoms with van der Waals surface area (Å²) in [5, 5.41) is 3.55. The Hall–Kier alpha value is -2.86. The highest BCUT2D eigenvalue weighted by Crippen LogP contribution is 2.34. The molecule has 0 spiro atoms. The average Bonchev–Trinajstić information content (AvgIpc) is 3.17. The average molecular weight is 397 g/mol. The molecule has 3 aromatic rings. The van der Waals surface area contributed by atoms with Crippen molar-refractivity contribution in [1.29, 1.82) is 0 Å². The lowest BCUT2D eigenvalue weighted by Gasteiger charge is -2.11. The molecule has 1 heterocycles. The van der Waals surface area contributed by atoms with Crippen molar-refractivity contribution in [1.82, 2.24) is 5.32 Å². The predicted molar refractivity (Wildman–Crippen MR) is 109 cm³/mol. The first kappa shape index (κ1) is 19.9. The van der Waals surface area contributed by atoms with E-state index in [9.17, 15) is 4.79 Å². The summed E-state index contributed by atoms with van der Waals surface area (Å²) >= 11 is 1.52. The molecule has 28 heavy (non-hydrogen) atoms. The molecule has 0 fully saturated rings. The maximum absolute atomic E-state index is 12.5. The number of benzene rings is 2. The van der Waals surface area contributed by atoms with Gasteiger partial charge in [0, 0.05) is 23.1 Å². The first-order valence-corrected chi connectivity index (χ1v) is 9.66. The van der Waals surface area contributed by atoms with Gasteiger partial charge in [-0.15, -0.1) is 0 Å². The smallest absolute Gasteiger partial charge is 0.287 e. The summed E-state index contributed by atoms with van der Waals surface area (Å²) in [5.41, 5.74) is 3.21. The van der Waals surface area contributed by atoms with Crippen LogP contribution in [0.1, 0.15) is 27.2 Å². The van der Waals surface area contributed by atoms with E-state index < -0.39 is 0 Å². The van der Waals surface area contributed by atoms with E-state index in [1.807, 2.05) is 24.3 Å². The number of aryl methyl sites for hydroxylation is 2. The minimum atomic E-state index is -0.272. The van der Waals surface area contributed by atoms with Crippen molar-refractivity contribution in [2.24, 2.45) is 0 Å². The quantitative estimate of drug-likeness (QED) is 0.608. The zero-order valence-corrected chi connectivity index (χ0v) is 17.2. The van der Waals surface area contributed by atoms with Gasteiger partial charge in [0.2, 0.25) is 0 Å². The highest BCUT2D eigenvalue weighted by molar-refractivity contribution is 7.99. The molecule has 1 aromatic heterocycles. The van der Waals surface area contributed by atoms with Crippen LogP contribution in [0.4, 0.5) is 0 Å². The van der Waals surface area contributed by atoms with E-state index in [2.05, 4.69) is 31.3 Å². The molecular formula is C22H23NO4S. The Kier molecular flexibility index (Phi) is 6.31. The first-order chi connectivity index (χ1) is 13.5. The third kappa shape index (κ3) is 4.51. The molecule has 2 aromatic carbocycles. The number of furan rings is 1. The normalized spacial score (nSPS) is 10.6. The zero-order chi connectivity index (χ0) is 20.1. The van der Waals surface area contributed by atoms with Crippen LogP contribution in [-0.2, 0) is 6.54 Å². The lowest BCUT2D eigenvalue weighted by Crippen LogP contribution is -2.22. The van der Waals surface area contributed by atoms with E-state index in [0.29, 0.717) is 23.1 Å². The van der Waals surface area contributed by atoms with E-state index in [0.717, 1.165) is 10.5 Å². The second-order valence-electron chi connectivity index (χ2n) is 6.30. The Morgan fingerprint density at radius 2 is 1.79 bits per heavy atom. The van der Waals surface area contributed by atoms with Gasteiger partial charge in [0.1, 0.15) is 11.5 Å². The third-order valence-corrected chi connectivity index (χ3v) is 5.62. The molecule has 0 aliphatic rings. The van der Waals surface area contributed by atoms with Crippen LogP contribution in [0.25, 0.3) is 0 Å². The van der Waals surface area contributed by atoms with Gasteiger partial charge in [0.25, 0.3) is 5.91 Å². The highest BCUT2D eigenvalue weighted by atomic mass is 32.2. The highest BCUT2D eigenvalue weighted by Gasteiger charge is 2.14. The van der Waals surface area contributed by atoms with Crippen molar-refractivity contribution in [3.8, 4) is 11.5 Å². The molecule has 0 bridgehead atoms. The van der Waals surface area contributed by atoms with Crippen LogP contribution in [0, 0.1) is 13.8 Å². The number of amides is 1. The number of nitrogens with one attached hydrogen (secondary N) is 1. The van der Waals surface area contributed by atoms with E-state index in [-0.39, 0.29) is 11.7 Å². The van der Waals surface area contributed by atoms with Gasteiger partial charge in [-0.05, 0) is 49.2 Å². The monoisotopic (exact) mass is 397 g/mol.